The molecule has 8 heteroatoms. The molecular formula is C31H27N3O4S. The molecule has 7 nitrogen and oxygen atoms in total. The first kappa shape index (κ1) is 25.2. The molecule has 4 aromatic rings. The van der Waals surface area contributed by atoms with Gasteiger partial charge >= 0.3 is 0 Å². The SMILES string of the molecule is O=C1c2ccccc2C(=O)N1c1ccc(S(=O)(=O)N2CCN(C(c3ccccc3)c3ccccc3)CC2)cc1. The average Bonchev–Trinajstić information content (AvgIpc) is 3.24. The quantitative estimate of drug-likeness (QED) is 0.337. The molecule has 2 aliphatic heterocycles. The van der Waals surface area contributed by atoms with Crippen molar-refractivity contribution in [2.75, 3.05) is 31.1 Å². The second-order valence-electron chi connectivity index (χ2n) is 9.65. The van der Waals surface area contributed by atoms with Crippen LogP contribution < -0.4 is 4.90 Å². The number of nitrogens with zero attached hydrogens (tertiary/aromatic N) is 3. The van der Waals surface area contributed by atoms with E-state index in [0.29, 0.717) is 43.0 Å². The standard InChI is InChI=1S/C31H27N3O4S/c35-30-27-13-7-8-14-28(27)31(36)34(30)25-15-17-26(18-16-25)39(37,38)33-21-19-32(20-22-33)29(23-9-3-1-4-10-23)24-11-5-2-6-12-24/h1-18,29H,19-22H2. The zero-order valence-electron chi connectivity index (χ0n) is 21.2. The molecular weight excluding hydrogens is 510 g/mol. The molecule has 0 spiro atoms. The van der Waals surface area contributed by atoms with E-state index in [1.807, 2.05) is 36.4 Å². The summed E-state index contributed by atoms with van der Waals surface area (Å²) in [5.41, 5.74) is 3.38. The molecule has 4 aromatic carbocycles. The van der Waals surface area contributed by atoms with E-state index in [4.69, 9.17) is 0 Å². The van der Waals surface area contributed by atoms with Crippen LogP contribution in [0.5, 0.6) is 0 Å². The van der Waals surface area contributed by atoms with Gasteiger partial charge in [0.15, 0.2) is 0 Å². The van der Waals surface area contributed by atoms with E-state index >= 15 is 0 Å². The summed E-state index contributed by atoms with van der Waals surface area (Å²) in [6.45, 7) is 1.89. The minimum Gasteiger partial charge on any atom is -0.290 e. The van der Waals surface area contributed by atoms with Crippen LogP contribution in [0.15, 0.2) is 114 Å². The highest BCUT2D eigenvalue weighted by Gasteiger charge is 2.37. The number of hydrogen-bond acceptors (Lipinski definition) is 5. The Morgan fingerprint density at radius 1 is 0.564 bits per heavy atom. The summed E-state index contributed by atoms with van der Waals surface area (Å²) in [5.74, 6) is -0.817. The monoisotopic (exact) mass is 537 g/mol. The number of fused-ring (bicyclic) bond motifs is 1. The second kappa shape index (κ2) is 10.2. The van der Waals surface area contributed by atoms with Gasteiger partial charge in [0.1, 0.15) is 0 Å². The molecule has 2 aliphatic rings. The summed E-state index contributed by atoms with van der Waals surface area (Å²) in [7, 11) is -3.74. The third-order valence-electron chi connectivity index (χ3n) is 7.40. The highest BCUT2D eigenvalue weighted by molar-refractivity contribution is 7.89. The highest BCUT2D eigenvalue weighted by atomic mass is 32.2. The summed E-state index contributed by atoms with van der Waals surface area (Å²) >= 11 is 0. The molecule has 2 amide bonds. The summed E-state index contributed by atoms with van der Waals surface area (Å²) in [4.78, 5) is 29.2. The number of sulfonamides is 1. The molecule has 1 saturated heterocycles. The van der Waals surface area contributed by atoms with E-state index in [0.717, 1.165) is 4.90 Å². The van der Waals surface area contributed by atoms with Gasteiger partial charge in [-0.2, -0.15) is 4.31 Å². The Balaban J connectivity index is 1.18. The van der Waals surface area contributed by atoms with Gasteiger partial charge in [0.25, 0.3) is 11.8 Å². The number of piperazine rings is 1. The van der Waals surface area contributed by atoms with Crippen LogP contribution in [0.4, 0.5) is 5.69 Å². The maximum Gasteiger partial charge on any atom is 0.266 e. The summed E-state index contributed by atoms with van der Waals surface area (Å²) in [5, 5.41) is 0. The molecule has 39 heavy (non-hydrogen) atoms. The smallest absolute Gasteiger partial charge is 0.266 e. The molecule has 196 valence electrons. The van der Waals surface area contributed by atoms with Gasteiger partial charge in [-0.1, -0.05) is 72.8 Å². The Morgan fingerprint density at radius 3 is 1.51 bits per heavy atom. The fourth-order valence-electron chi connectivity index (χ4n) is 5.43. The van der Waals surface area contributed by atoms with E-state index in [1.165, 1.54) is 39.7 Å². The maximum atomic E-state index is 13.5. The van der Waals surface area contributed by atoms with Crippen molar-refractivity contribution in [2.24, 2.45) is 0 Å². The lowest BCUT2D eigenvalue weighted by Gasteiger charge is -2.39. The Labute approximate surface area is 228 Å². The van der Waals surface area contributed by atoms with Gasteiger partial charge in [-0.15, -0.1) is 0 Å². The number of rotatable bonds is 6. The van der Waals surface area contributed by atoms with E-state index in [9.17, 15) is 18.0 Å². The van der Waals surface area contributed by atoms with Gasteiger partial charge in [0, 0.05) is 26.2 Å². The van der Waals surface area contributed by atoms with Crippen molar-refractivity contribution in [3.05, 3.63) is 131 Å². The van der Waals surface area contributed by atoms with Gasteiger partial charge in [-0.05, 0) is 47.5 Å². The van der Waals surface area contributed by atoms with Gasteiger partial charge in [-0.3, -0.25) is 14.5 Å². The number of benzene rings is 4. The summed E-state index contributed by atoms with van der Waals surface area (Å²) in [6.07, 6.45) is 0. The van der Waals surface area contributed by atoms with E-state index in [2.05, 4.69) is 29.2 Å². The maximum absolute atomic E-state index is 13.5. The number of imide groups is 1. The number of carbonyl (C=O) groups is 2. The number of hydrogen-bond donors (Lipinski definition) is 0. The zero-order valence-corrected chi connectivity index (χ0v) is 22.0. The first-order valence-electron chi connectivity index (χ1n) is 12.9. The Hall–Kier alpha value is -4.11. The van der Waals surface area contributed by atoms with Gasteiger partial charge in [-0.25, -0.2) is 13.3 Å². The molecule has 0 unspecified atom stereocenters. The van der Waals surface area contributed by atoms with E-state index in [1.54, 1.807) is 24.3 Å². The van der Waals surface area contributed by atoms with Crippen molar-refractivity contribution in [3.8, 4) is 0 Å². The Morgan fingerprint density at radius 2 is 1.03 bits per heavy atom. The molecule has 0 N–H and O–H groups in total. The molecule has 1 fully saturated rings. The lowest BCUT2D eigenvalue weighted by atomic mass is 9.96. The first-order valence-corrected chi connectivity index (χ1v) is 14.3. The molecule has 0 bridgehead atoms. The van der Waals surface area contributed by atoms with Crippen molar-refractivity contribution >= 4 is 27.5 Å². The van der Waals surface area contributed by atoms with Crippen molar-refractivity contribution in [1.29, 1.82) is 0 Å². The van der Waals surface area contributed by atoms with Crippen molar-refractivity contribution in [3.63, 3.8) is 0 Å². The molecule has 0 radical (unpaired) electrons. The molecule has 0 atom stereocenters. The first-order chi connectivity index (χ1) is 18.9. The number of anilines is 1. The van der Waals surface area contributed by atoms with Crippen molar-refractivity contribution < 1.29 is 18.0 Å². The molecule has 2 heterocycles. The van der Waals surface area contributed by atoms with Gasteiger partial charge in [0.05, 0.1) is 27.8 Å². The van der Waals surface area contributed by atoms with Crippen molar-refractivity contribution in [1.82, 2.24) is 9.21 Å². The number of amides is 2. The molecule has 0 aliphatic carbocycles. The van der Waals surface area contributed by atoms with Crippen LogP contribution in [0, 0.1) is 0 Å². The van der Waals surface area contributed by atoms with Crippen LogP contribution in [0.2, 0.25) is 0 Å². The van der Waals surface area contributed by atoms with Crippen LogP contribution in [0.1, 0.15) is 37.9 Å². The predicted octanol–water partition coefficient (Wildman–Crippen LogP) is 4.58. The third-order valence-corrected chi connectivity index (χ3v) is 9.31. The fourth-order valence-corrected chi connectivity index (χ4v) is 6.85. The minimum absolute atomic E-state index is 0.0381. The lowest BCUT2D eigenvalue weighted by Crippen LogP contribution is -2.49. The minimum atomic E-state index is -3.74. The third kappa shape index (κ3) is 4.57. The molecule has 0 saturated carbocycles. The van der Waals surface area contributed by atoms with Crippen LogP contribution in [0.3, 0.4) is 0 Å². The number of carbonyl (C=O) groups excluding carboxylic acids is 2. The largest absolute Gasteiger partial charge is 0.290 e. The van der Waals surface area contributed by atoms with Crippen molar-refractivity contribution in [2.45, 2.75) is 10.9 Å². The average molecular weight is 538 g/mol. The Bertz CT molecular complexity index is 1540. The summed E-state index contributed by atoms with van der Waals surface area (Å²) in [6, 6.07) is 33.2. The van der Waals surface area contributed by atoms with Crippen LogP contribution >= 0.6 is 0 Å². The summed E-state index contributed by atoms with van der Waals surface area (Å²) < 4.78 is 28.5. The van der Waals surface area contributed by atoms with Gasteiger partial charge < -0.3 is 0 Å². The van der Waals surface area contributed by atoms with E-state index < -0.39 is 21.8 Å². The van der Waals surface area contributed by atoms with E-state index in [-0.39, 0.29) is 10.9 Å². The zero-order chi connectivity index (χ0) is 27.0. The predicted molar refractivity (Wildman–Crippen MR) is 149 cm³/mol. The Kier molecular flexibility index (Phi) is 6.60. The topological polar surface area (TPSA) is 78.0 Å². The van der Waals surface area contributed by atoms with Gasteiger partial charge in [0.2, 0.25) is 10.0 Å². The second-order valence-corrected chi connectivity index (χ2v) is 11.6. The molecule has 0 aromatic heterocycles. The normalized spacial score (nSPS) is 16.6. The molecule has 6 rings (SSSR count). The van der Waals surface area contributed by atoms with Crippen LogP contribution in [-0.2, 0) is 10.0 Å². The lowest BCUT2D eigenvalue weighted by molar-refractivity contribution is 0.0926. The van der Waals surface area contributed by atoms with Crippen LogP contribution in [-0.4, -0.2) is 55.6 Å². The fraction of sp³-hybridized carbons (Fsp3) is 0.161. The van der Waals surface area contributed by atoms with Crippen LogP contribution in [0.25, 0.3) is 0 Å². The highest BCUT2D eigenvalue weighted by Crippen LogP contribution is 2.32.